The predicted octanol–water partition coefficient (Wildman–Crippen LogP) is 2.56. The largest absolute Gasteiger partial charge is 0.488 e. The van der Waals surface area contributed by atoms with Crippen LogP contribution in [0.25, 0.3) is 0 Å². The van der Waals surface area contributed by atoms with Crippen LogP contribution in [0.15, 0.2) is 29.4 Å². The van der Waals surface area contributed by atoms with Crippen LogP contribution < -0.4 is 0 Å². The third-order valence-corrected chi connectivity index (χ3v) is 2.24. The van der Waals surface area contributed by atoms with E-state index < -0.39 is 12.6 Å². The van der Waals surface area contributed by atoms with Crippen LogP contribution in [0.5, 0.6) is 0 Å². The van der Waals surface area contributed by atoms with Gasteiger partial charge in [-0.3, -0.25) is 4.98 Å². The van der Waals surface area contributed by atoms with Crippen LogP contribution >= 0.6 is 11.8 Å². The SMILES string of the molecule is F[B-](F)(F)CSc1ccncc1. The topological polar surface area (TPSA) is 12.9 Å². The highest BCUT2D eigenvalue weighted by Gasteiger charge is 2.22. The molecule has 1 aromatic heterocycles. The van der Waals surface area contributed by atoms with Gasteiger partial charge in [0, 0.05) is 17.3 Å². The molecule has 12 heavy (non-hydrogen) atoms. The van der Waals surface area contributed by atoms with Crippen molar-refractivity contribution in [1.82, 2.24) is 4.98 Å². The van der Waals surface area contributed by atoms with Gasteiger partial charge in [-0.1, -0.05) is 0 Å². The third kappa shape index (κ3) is 3.66. The molecule has 0 spiro atoms. The minimum absolute atomic E-state index is 0.601. The Morgan fingerprint density at radius 1 is 1.25 bits per heavy atom. The molecule has 66 valence electrons. The fraction of sp³-hybridized carbons (Fsp3) is 0.167. The number of thioether (sulfide) groups is 1. The maximum Gasteiger partial charge on any atom is 0.488 e. The molecule has 0 aliphatic carbocycles. The van der Waals surface area contributed by atoms with Crippen molar-refractivity contribution < 1.29 is 12.9 Å². The summed E-state index contributed by atoms with van der Waals surface area (Å²) in [5, 5.41) is 0. The standard InChI is InChI=1S/C6H6BF3NS/c8-7(9,10)5-12-6-1-3-11-4-2-6/h1-4H,5H2/q-1. The van der Waals surface area contributed by atoms with E-state index in [-0.39, 0.29) is 0 Å². The lowest BCUT2D eigenvalue weighted by atomic mass is 9.98. The number of aromatic nitrogens is 1. The van der Waals surface area contributed by atoms with Gasteiger partial charge in [-0.25, -0.2) is 0 Å². The summed E-state index contributed by atoms with van der Waals surface area (Å²) in [6, 6.07) is 3.12. The van der Waals surface area contributed by atoms with E-state index in [1.54, 1.807) is 12.1 Å². The van der Waals surface area contributed by atoms with Crippen molar-refractivity contribution in [3.63, 3.8) is 0 Å². The third-order valence-electron chi connectivity index (χ3n) is 1.09. The molecule has 1 rings (SSSR count). The Kier molecular flexibility index (Phi) is 3.02. The first-order valence-corrected chi connectivity index (χ1v) is 4.30. The fourth-order valence-electron chi connectivity index (χ4n) is 0.625. The zero-order chi connectivity index (χ0) is 9.03. The van der Waals surface area contributed by atoms with Gasteiger partial charge in [-0.05, 0) is 17.8 Å². The van der Waals surface area contributed by atoms with Crippen LogP contribution in [0.4, 0.5) is 12.9 Å². The van der Waals surface area contributed by atoms with Crippen LogP contribution in [0.1, 0.15) is 0 Å². The van der Waals surface area contributed by atoms with E-state index in [1.165, 1.54) is 12.4 Å². The zero-order valence-corrected chi connectivity index (χ0v) is 6.90. The van der Waals surface area contributed by atoms with E-state index in [4.69, 9.17) is 0 Å². The molecule has 1 nitrogen and oxygen atoms in total. The van der Waals surface area contributed by atoms with Gasteiger partial charge in [0.2, 0.25) is 0 Å². The second kappa shape index (κ2) is 3.84. The molecule has 0 saturated carbocycles. The summed E-state index contributed by atoms with van der Waals surface area (Å²) in [6.45, 7) is -4.69. The molecule has 0 bridgehead atoms. The Bertz CT molecular complexity index is 238. The van der Waals surface area contributed by atoms with Gasteiger partial charge < -0.3 is 12.9 Å². The van der Waals surface area contributed by atoms with Gasteiger partial charge in [0.25, 0.3) is 0 Å². The first-order chi connectivity index (χ1) is 5.58. The lowest BCUT2D eigenvalue weighted by Gasteiger charge is -2.11. The van der Waals surface area contributed by atoms with E-state index in [9.17, 15) is 12.9 Å². The number of rotatable bonds is 3. The Morgan fingerprint density at radius 3 is 2.33 bits per heavy atom. The minimum atomic E-state index is -4.69. The molecular formula is C6H6BF3NS-. The van der Waals surface area contributed by atoms with Gasteiger partial charge in [-0.2, -0.15) is 11.8 Å². The molecule has 1 heterocycles. The second-order valence-electron chi connectivity index (χ2n) is 2.20. The molecule has 0 fully saturated rings. The quantitative estimate of drug-likeness (QED) is 0.539. The molecule has 0 unspecified atom stereocenters. The maximum absolute atomic E-state index is 11.8. The van der Waals surface area contributed by atoms with Gasteiger partial charge in [0.15, 0.2) is 0 Å². The van der Waals surface area contributed by atoms with Crippen molar-refractivity contribution in [2.75, 3.05) is 5.65 Å². The van der Waals surface area contributed by atoms with Crippen LogP contribution in [0.2, 0.25) is 0 Å². The van der Waals surface area contributed by atoms with E-state index in [0.717, 1.165) is 11.8 Å². The van der Waals surface area contributed by atoms with Crippen molar-refractivity contribution in [1.29, 1.82) is 0 Å². The normalized spacial score (nSPS) is 11.6. The molecule has 0 aliphatic rings. The van der Waals surface area contributed by atoms with E-state index in [2.05, 4.69) is 4.98 Å². The van der Waals surface area contributed by atoms with Gasteiger partial charge in [0.05, 0.1) is 0 Å². The lowest BCUT2D eigenvalue weighted by molar-refractivity contribution is 0.485. The highest BCUT2D eigenvalue weighted by atomic mass is 32.2. The second-order valence-corrected chi connectivity index (χ2v) is 3.30. The van der Waals surface area contributed by atoms with Crippen LogP contribution in [-0.4, -0.2) is 17.6 Å². The molecule has 0 saturated heterocycles. The van der Waals surface area contributed by atoms with Crippen LogP contribution in [0, 0.1) is 0 Å². The zero-order valence-electron chi connectivity index (χ0n) is 6.08. The van der Waals surface area contributed by atoms with Crippen molar-refractivity contribution in [3.05, 3.63) is 24.5 Å². The predicted molar refractivity (Wildman–Crippen MR) is 44.0 cm³/mol. The van der Waals surface area contributed by atoms with Crippen molar-refractivity contribution in [2.45, 2.75) is 4.90 Å². The number of hydrogen-bond acceptors (Lipinski definition) is 2. The Balaban J connectivity index is 2.44. The summed E-state index contributed by atoms with van der Waals surface area (Å²) >= 11 is 0.790. The van der Waals surface area contributed by atoms with Crippen molar-refractivity contribution >= 4 is 18.7 Å². The fourth-order valence-corrected chi connectivity index (χ4v) is 1.32. The number of pyridine rings is 1. The summed E-state index contributed by atoms with van der Waals surface area (Å²) in [7, 11) is 0. The average Bonchev–Trinajstić information content (AvgIpc) is 2.02. The summed E-state index contributed by atoms with van der Waals surface area (Å²) < 4.78 is 35.3. The van der Waals surface area contributed by atoms with Gasteiger partial charge in [-0.15, -0.1) is 0 Å². The molecule has 0 N–H and O–H groups in total. The van der Waals surface area contributed by atoms with E-state index in [1.807, 2.05) is 0 Å². The highest BCUT2D eigenvalue weighted by molar-refractivity contribution is 8.00. The first-order valence-electron chi connectivity index (χ1n) is 3.32. The van der Waals surface area contributed by atoms with Gasteiger partial charge in [0.1, 0.15) is 0 Å². The molecular weight excluding hydrogens is 186 g/mol. The van der Waals surface area contributed by atoms with Crippen molar-refractivity contribution in [2.24, 2.45) is 0 Å². The maximum atomic E-state index is 11.8. The molecule has 0 amide bonds. The van der Waals surface area contributed by atoms with Crippen LogP contribution in [-0.2, 0) is 0 Å². The Hall–Kier alpha value is -0.645. The molecule has 6 heteroatoms. The smallest absolute Gasteiger partial charge is 0.448 e. The van der Waals surface area contributed by atoms with E-state index >= 15 is 0 Å². The Labute approximate surface area is 72.4 Å². The molecule has 0 radical (unpaired) electrons. The van der Waals surface area contributed by atoms with E-state index in [0.29, 0.717) is 4.90 Å². The van der Waals surface area contributed by atoms with Crippen molar-refractivity contribution in [3.8, 4) is 0 Å². The van der Waals surface area contributed by atoms with Crippen LogP contribution in [0.3, 0.4) is 0 Å². The monoisotopic (exact) mass is 192 g/mol. The molecule has 1 aromatic rings. The summed E-state index contributed by atoms with van der Waals surface area (Å²) in [5.74, 6) is 0. The first kappa shape index (κ1) is 9.44. The highest BCUT2D eigenvalue weighted by Crippen LogP contribution is 2.22. The lowest BCUT2D eigenvalue weighted by Crippen LogP contribution is -2.18. The molecule has 0 aliphatic heterocycles. The number of hydrogen-bond donors (Lipinski definition) is 0. The molecule has 0 atom stereocenters. The van der Waals surface area contributed by atoms with Gasteiger partial charge >= 0.3 is 6.98 Å². The average molecular weight is 192 g/mol. The minimum Gasteiger partial charge on any atom is -0.448 e. The summed E-state index contributed by atoms with van der Waals surface area (Å²) in [4.78, 5) is 4.30. The summed E-state index contributed by atoms with van der Waals surface area (Å²) in [6.07, 6.45) is 2.96. The number of halogens is 3. The molecule has 0 aromatic carbocycles. The number of nitrogens with zero attached hydrogens (tertiary/aromatic N) is 1. The summed E-state index contributed by atoms with van der Waals surface area (Å²) in [5.41, 5.74) is -0.788. The Morgan fingerprint density at radius 2 is 1.83 bits per heavy atom.